The highest BCUT2D eigenvalue weighted by molar-refractivity contribution is 7.17. The first kappa shape index (κ1) is 22.7. The van der Waals surface area contributed by atoms with Gasteiger partial charge in [-0.05, 0) is 53.1 Å². The van der Waals surface area contributed by atoms with Crippen molar-refractivity contribution in [1.82, 2.24) is 14.9 Å². The smallest absolute Gasteiger partial charge is 0.268 e. The molecule has 0 aliphatic heterocycles. The Morgan fingerprint density at radius 2 is 1.91 bits per heavy atom. The molecule has 2 heterocycles. The van der Waals surface area contributed by atoms with E-state index >= 15 is 0 Å². The van der Waals surface area contributed by atoms with Gasteiger partial charge in [0, 0.05) is 6.54 Å². The lowest BCUT2D eigenvalue weighted by molar-refractivity contribution is -0.134. The number of H-pyrrole nitrogens is 1. The summed E-state index contributed by atoms with van der Waals surface area (Å²) in [6.45, 7) is 6.83. The number of carbonyl (C=O) groups is 1. The molecule has 1 N–H and O–H groups in total. The summed E-state index contributed by atoms with van der Waals surface area (Å²) in [4.78, 5) is 34.5. The van der Waals surface area contributed by atoms with E-state index in [-0.39, 0.29) is 24.6 Å². The molecular formula is C26H27N3O3S. The standard InChI is InChI=1S/C26H27N3O3S/c1-17(2)21-10-9-20(13-18(21)3)32-16-24(30)29(14-19-7-5-4-6-8-19)15-23-27-22-11-12-33-25(22)26(31)28-23/h4-13,17H,14-16H2,1-3H3,(H,27,28,31). The van der Waals surface area contributed by atoms with Gasteiger partial charge >= 0.3 is 0 Å². The highest BCUT2D eigenvalue weighted by atomic mass is 32.1. The van der Waals surface area contributed by atoms with Gasteiger partial charge < -0.3 is 14.6 Å². The third kappa shape index (κ3) is 5.49. The fraction of sp³-hybridized carbons (Fsp3) is 0.269. The molecular weight excluding hydrogens is 434 g/mol. The molecule has 0 atom stereocenters. The van der Waals surface area contributed by atoms with E-state index < -0.39 is 0 Å². The summed E-state index contributed by atoms with van der Waals surface area (Å²) in [6.07, 6.45) is 0. The van der Waals surface area contributed by atoms with E-state index in [1.807, 2.05) is 66.9 Å². The first-order valence-electron chi connectivity index (χ1n) is 10.9. The largest absolute Gasteiger partial charge is 0.484 e. The van der Waals surface area contributed by atoms with Crippen LogP contribution in [0.3, 0.4) is 0 Å². The Kier molecular flexibility index (Phi) is 6.89. The van der Waals surface area contributed by atoms with Crippen molar-refractivity contribution in [3.05, 3.63) is 92.8 Å². The number of thiophene rings is 1. The Labute approximate surface area is 196 Å². The number of fused-ring (bicyclic) bond motifs is 1. The number of hydrogen-bond acceptors (Lipinski definition) is 5. The van der Waals surface area contributed by atoms with Crippen LogP contribution in [0.25, 0.3) is 10.2 Å². The molecule has 33 heavy (non-hydrogen) atoms. The summed E-state index contributed by atoms with van der Waals surface area (Å²) in [5.74, 6) is 1.36. The maximum atomic E-state index is 13.2. The number of aromatic amines is 1. The molecule has 0 saturated carbocycles. The summed E-state index contributed by atoms with van der Waals surface area (Å²) in [5, 5.41) is 1.84. The summed E-state index contributed by atoms with van der Waals surface area (Å²) in [5.41, 5.74) is 3.85. The lowest BCUT2D eigenvalue weighted by atomic mass is 9.98. The van der Waals surface area contributed by atoms with Crippen molar-refractivity contribution in [1.29, 1.82) is 0 Å². The van der Waals surface area contributed by atoms with Crippen LogP contribution in [-0.2, 0) is 17.9 Å². The number of aromatic nitrogens is 2. The lowest BCUT2D eigenvalue weighted by Gasteiger charge is -2.23. The minimum absolute atomic E-state index is 0.0990. The number of ether oxygens (including phenoxy) is 1. The van der Waals surface area contributed by atoms with Crippen LogP contribution in [0.15, 0.2) is 64.8 Å². The molecule has 0 saturated heterocycles. The molecule has 0 fully saturated rings. The Morgan fingerprint density at radius 1 is 1.12 bits per heavy atom. The number of carbonyl (C=O) groups excluding carboxylic acids is 1. The molecule has 170 valence electrons. The van der Waals surface area contributed by atoms with Crippen molar-refractivity contribution in [2.24, 2.45) is 0 Å². The topological polar surface area (TPSA) is 75.3 Å². The SMILES string of the molecule is Cc1cc(OCC(=O)N(Cc2ccccc2)Cc2nc3ccsc3c(=O)[nH]2)ccc1C(C)C. The highest BCUT2D eigenvalue weighted by Crippen LogP contribution is 2.23. The summed E-state index contributed by atoms with van der Waals surface area (Å²) in [6, 6.07) is 17.5. The maximum absolute atomic E-state index is 13.2. The Bertz CT molecular complexity index is 1310. The normalized spacial score (nSPS) is 11.2. The van der Waals surface area contributed by atoms with Crippen molar-refractivity contribution >= 4 is 27.5 Å². The summed E-state index contributed by atoms with van der Waals surface area (Å²) in [7, 11) is 0. The molecule has 0 radical (unpaired) electrons. The monoisotopic (exact) mass is 461 g/mol. The second kappa shape index (κ2) is 10.0. The van der Waals surface area contributed by atoms with Crippen LogP contribution >= 0.6 is 11.3 Å². The van der Waals surface area contributed by atoms with Gasteiger partial charge in [-0.15, -0.1) is 11.3 Å². The van der Waals surface area contributed by atoms with Crippen molar-refractivity contribution in [3.8, 4) is 5.75 Å². The zero-order chi connectivity index (χ0) is 23.4. The van der Waals surface area contributed by atoms with E-state index in [4.69, 9.17) is 4.74 Å². The van der Waals surface area contributed by atoms with Crippen LogP contribution in [0, 0.1) is 6.92 Å². The molecule has 4 rings (SSSR count). The molecule has 0 unspecified atom stereocenters. The molecule has 0 aliphatic rings. The minimum Gasteiger partial charge on any atom is -0.484 e. The number of benzene rings is 2. The van der Waals surface area contributed by atoms with E-state index in [2.05, 4.69) is 23.8 Å². The Morgan fingerprint density at radius 3 is 2.64 bits per heavy atom. The van der Waals surface area contributed by atoms with Gasteiger partial charge in [0.2, 0.25) is 0 Å². The maximum Gasteiger partial charge on any atom is 0.268 e. The van der Waals surface area contributed by atoms with Gasteiger partial charge in [-0.1, -0.05) is 50.2 Å². The van der Waals surface area contributed by atoms with Crippen LogP contribution < -0.4 is 10.3 Å². The van der Waals surface area contributed by atoms with Crippen LogP contribution in [-0.4, -0.2) is 27.4 Å². The van der Waals surface area contributed by atoms with Gasteiger partial charge in [0.15, 0.2) is 6.61 Å². The quantitative estimate of drug-likeness (QED) is 0.400. The Hall–Kier alpha value is -3.45. The second-order valence-electron chi connectivity index (χ2n) is 8.34. The highest BCUT2D eigenvalue weighted by Gasteiger charge is 2.18. The first-order valence-corrected chi connectivity index (χ1v) is 11.8. The average molecular weight is 462 g/mol. The molecule has 0 bridgehead atoms. The Balaban J connectivity index is 1.52. The number of hydrogen-bond donors (Lipinski definition) is 1. The average Bonchev–Trinajstić information content (AvgIpc) is 3.27. The van der Waals surface area contributed by atoms with Crippen LogP contribution in [0.5, 0.6) is 5.75 Å². The van der Waals surface area contributed by atoms with Crippen molar-refractivity contribution < 1.29 is 9.53 Å². The minimum atomic E-state index is -0.186. The molecule has 2 aromatic heterocycles. The van der Waals surface area contributed by atoms with E-state index in [0.29, 0.717) is 34.3 Å². The molecule has 6 nitrogen and oxygen atoms in total. The molecule has 1 amide bonds. The van der Waals surface area contributed by atoms with Gasteiger partial charge in [-0.2, -0.15) is 0 Å². The number of amides is 1. The zero-order valence-corrected chi connectivity index (χ0v) is 19.8. The fourth-order valence-corrected chi connectivity index (χ4v) is 4.56. The van der Waals surface area contributed by atoms with Gasteiger partial charge in [0.1, 0.15) is 16.3 Å². The third-order valence-corrected chi connectivity index (χ3v) is 6.40. The van der Waals surface area contributed by atoms with Crippen molar-refractivity contribution in [2.45, 2.75) is 39.8 Å². The second-order valence-corrected chi connectivity index (χ2v) is 9.26. The summed E-state index contributed by atoms with van der Waals surface area (Å²) >= 11 is 1.35. The number of nitrogens with zero attached hydrogens (tertiary/aromatic N) is 2. The predicted molar refractivity (Wildman–Crippen MR) is 132 cm³/mol. The number of aryl methyl sites for hydroxylation is 1. The van der Waals surface area contributed by atoms with Crippen molar-refractivity contribution in [2.75, 3.05) is 6.61 Å². The molecule has 2 aromatic carbocycles. The van der Waals surface area contributed by atoms with E-state index in [1.54, 1.807) is 4.90 Å². The lowest BCUT2D eigenvalue weighted by Crippen LogP contribution is -2.35. The zero-order valence-electron chi connectivity index (χ0n) is 19.0. The van der Waals surface area contributed by atoms with E-state index in [0.717, 1.165) is 11.1 Å². The number of rotatable bonds is 8. The van der Waals surface area contributed by atoms with E-state index in [9.17, 15) is 9.59 Å². The third-order valence-electron chi connectivity index (χ3n) is 5.50. The van der Waals surface area contributed by atoms with Crippen LogP contribution in [0.1, 0.15) is 42.3 Å². The first-order chi connectivity index (χ1) is 15.9. The van der Waals surface area contributed by atoms with Gasteiger partial charge in [0.05, 0.1) is 12.1 Å². The molecule has 0 spiro atoms. The fourth-order valence-electron chi connectivity index (χ4n) is 3.84. The van der Waals surface area contributed by atoms with E-state index in [1.165, 1.54) is 16.9 Å². The van der Waals surface area contributed by atoms with Gasteiger partial charge in [-0.3, -0.25) is 9.59 Å². The van der Waals surface area contributed by atoms with Gasteiger partial charge in [0.25, 0.3) is 11.5 Å². The summed E-state index contributed by atoms with van der Waals surface area (Å²) < 4.78 is 6.43. The van der Waals surface area contributed by atoms with Crippen molar-refractivity contribution in [3.63, 3.8) is 0 Å². The molecule has 7 heteroatoms. The number of nitrogens with one attached hydrogen (secondary N) is 1. The molecule has 0 aliphatic carbocycles. The van der Waals surface area contributed by atoms with Crippen LogP contribution in [0.4, 0.5) is 0 Å². The predicted octanol–water partition coefficient (Wildman–Crippen LogP) is 5.02. The van der Waals surface area contributed by atoms with Gasteiger partial charge in [-0.25, -0.2) is 4.98 Å². The molecule has 4 aromatic rings. The van der Waals surface area contributed by atoms with Crippen LogP contribution in [0.2, 0.25) is 0 Å².